The number of carbonyl (C=O) groups excluding carboxylic acids is 1. The molecule has 0 amide bonds. The van der Waals surface area contributed by atoms with Crippen LogP contribution < -0.4 is 0 Å². The van der Waals surface area contributed by atoms with Crippen LogP contribution in [0.25, 0.3) is 0 Å². The van der Waals surface area contributed by atoms with Crippen LogP contribution in [0, 0.1) is 5.41 Å². The second-order valence-electron chi connectivity index (χ2n) is 5.58. The Balaban J connectivity index is 1.99. The van der Waals surface area contributed by atoms with E-state index in [1.165, 1.54) is 7.11 Å². The standard InChI is InChI=1S/C14H19ClN2O2S/c1-9(2)13-16-10(15)6-11(17-13)20-8-14(4-5-14)7-12(18)19-3/h6,9H,4-5,7-8H2,1-3H3. The van der Waals surface area contributed by atoms with Crippen LogP contribution in [-0.4, -0.2) is 28.8 Å². The molecule has 0 N–H and O–H groups in total. The van der Waals surface area contributed by atoms with E-state index in [1.54, 1.807) is 17.8 Å². The van der Waals surface area contributed by atoms with Crippen LogP contribution in [0.4, 0.5) is 0 Å². The molecule has 1 aliphatic rings. The van der Waals surface area contributed by atoms with Gasteiger partial charge in [-0.3, -0.25) is 4.79 Å². The molecule has 0 aliphatic heterocycles. The van der Waals surface area contributed by atoms with Crippen LogP contribution in [0.2, 0.25) is 5.15 Å². The second kappa shape index (κ2) is 6.31. The highest BCUT2D eigenvalue weighted by atomic mass is 35.5. The lowest BCUT2D eigenvalue weighted by molar-refractivity contribution is -0.141. The Morgan fingerprint density at radius 1 is 1.50 bits per heavy atom. The van der Waals surface area contributed by atoms with Gasteiger partial charge in [-0.1, -0.05) is 25.4 Å². The number of hydrogen-bond donors (Lipinski definition) is 0. The Hall–Kier alpha value is -0.810. The summed E-state index contributed by atoms with van der Waals surface area (Å²) in [6.45, 7) is 4.08. The SMILES string of the molecule is COC(=O)CC1(CSc2cc(Cl)nc(C(C)C)n2)CC1. The molecular weight excluding hydrogens is 296 g/mol. The maximum atomic E-state index is 11.4. The fraction of sp³-hybridized carbons (Fsp3) is 0.643. The number of methoxy groups -OCH3 is 1. The third-order valence-electron chi connectivity index (χ3n) is 3.44. The van der Waals surface area contributed by atoms with Gasteiger partial charge in [-0.25, -0.2) is 9.97 Å². The number of rotatable bonds is 6. The maximum absolute atomic E-state index is 11.4. The van der Waals surface area contributed by atoms with Crippen molar-refractivity contribution < 1.29 is 9.53 Å². The average molecular weight is 315 g/mol. The Morgan fingerprint density at radius 2 is 2.20 bits per heavy atom. The first kappa shape index (κ1) is 15.6. The zero-order valence-electron chi connectivity index (χ0n) is 12.0. The highest BCUT2D eigenvalue weighted by Gasteiger charge is 2.44. The quantitative estimate of drug-likeness (QED) is 0.455. The summed E-state index contributed by atoms with van der Waals surface area (Å²) in [5.41, 5.74) is 0.0905. The first-order valence-electron chi connectivity index (χ1n) is 6.68. The first-order chi connectivity index (χ1) is 9.44. The molecule has 2 rings (SSSR count). The molecule has 0 aromatic carbocycles. The summed E-state index contributed by atoms with van der Waals surface area (Å²) in [4.78, 5) is 20.1. The molecule has 20 heavy (non-hydrogen) atoms. The molecule has 1 heterocycles. The third-order valence-corrected chi connectivity index (χ3v) is 4.89. The number of ether oxygens (including phenoxy) is 1. The van der Waals surface area contributed by atoms with Gasteiger partial charge in [-0.2, -0.15) is 0 Å². The van der Waals surface area contributed by atoms with Gasteiger partial charge < -0.3 is 4.74 Å². The lowest BCUT2D eigenvalue weighted by Crippen LogP contribution is -2.13. The molecule has 0 unspecified atom stereocenters. The van der Waals surface area contributed by atoms with Crippen molar-refractivity contribution in [1.82, 2.24) is 9.97 Å². The van der Waals surface area contributed by atoms with Crippen molar-refractivity contribution in [2.24, 2.45) is 5.41 Å². The van der Waals surface area contributed by atoms with Gasteiger partial charge in [0.2, 0.25) is 0 Å². The Labute approximate surface area is 128 Å². The van der Waals surface area contributed by atoms with E-state index in [1.807, 2.05) is 13.8 Å². The average Bonchev–Trinajstić information content (AvgIpc) is 3.16. The summed E-state index contributed by atoms with van der Waals surface area (Å²) in [5, 5.41) is 1.36. The van der Waals surface area contributed by atoms with Gasteiger partial charge in [0.1, 0.15) is 16.0 Å². The molecule has 0 spiro atoms. The van der Waals surface area contributed by atoms with E-state index in [9.17, 15) is 4.79 Å². The van der Waals surface area contributed by atoms with E-state index in [4.69, 9.17) is 16.3 Å². The number of thioether (sulfide) groups is 1. The number of hydrogen-bond acceptors (Lipinski definition) is 5. The van der Waals surface area contributed by atoms with E-state index < -0.39 is 0 Å². The van der Waals surface area contributed by atoms with E-state index in [-0.39, 0.29) is 17.3 Å². The van der Waals surface area contributed by atoms with Gasteiger partial charge in [0.25, 0.3) is 0 Å². The largest absolute Gasteiger partial charge is 0.469 e. The van der Waals surface area contributed by atoms with E-state index in [0.29, 0.717) is 11.6 Å². The van der Waals surface area contributed by atoms with E-state index in [2.05, 4.69) is 9.97 Å². The molecule has 1 saturated carbocycles. The van der Waals surface area contributed by atoms with Crippen molar-refractivity contribution in [3.8, 4) is 0 Å². The monoisotopic (exact) mass is 314 g/mol. The van der Waals surface area contributed by atoms with Crippen molar-refractivity contribution in [3.63, 3.8) is 0 Å². The Morgan fingerprint density at radius 3 is 2.75 bits per heavy atom. The topological polar surface area (TPSA) is 52.1 Å². The van der Waals surface area contributed by atoms with Crippen LogP contribution in [-0.2, 0) is 9.53 Å². The number of esters is 1. The lowest BCUT2D eigenvalue weighted by atomic mass is 10.1. The predicted molar refractivity (Wildman–Crippen MR) is 80.2 cm³/mol. The van der Waals surface area contributed by atoms with E-state index in [0.717, 1.165) is 29.4 Å². The minimum absolute atomic E-state index is 0.0905. The van der Waals surface area contributed by atoms with Crippen LogP contribution in [0.1, 0.15) is 44.9 Å². The summed E-state index contributed by atoms with van der Waals surface area (Å²) in [5.74, 6) is 1.75. The summed E-state index contributed by atoms with van der Waals surface area (Å²) in [6.07, 6.45) is 2.64. The van der Waals surface area contributed by atoms with Crippen LogP contribution >= 0.6 is 23.4 Å². The smallest absolute Gasteiger partial charge is 0.306 e. The normalized spacial score (nSPS) is 16.2. The molecule has 1 aromatic heterocycles. The van der Waals surface area contributed by atoms with Crippen LogP contribution in [0.3, 0.4) is 0 Å². The van der Waals surface area contributed by atoms with Gasteiger partial charge in [0.15, 0.2) is 0 Å². The molecule has 0 atom stereocenters. The van der Waals surface area contributed by atoms with Crippen molar-refractivity contribution in [1.29, 1.82) is 0 Å². The van der Waals surface area contributed by atoms with Crippen molar-refractivity contribution in [3.05, 3.63) is 17.0 Å². The third kappa shape index (κ3) is 4.09. The molecule has 0 saturated heterocycles. The molecule has 0 bridgehead atoms. The van der Waals surface area contributed by atoms with Crippen LogP contribution in [0.5, 0.6) is 0 Å². The molecule has 1 fully saturated rings. The summed E-state index contributed by atoms with van der Waals surface area (Å²) < 4.78 is 4.75. The molecular formula is C14H19ClN2O2S. The molecule has 0 radical (unpaired) electrons. The zero-order valence-corrected chi connectivity index (χ0v) is 13.6. The predicted octanol–water partition coefficient (Wildman–Crippen LogP) is 3.69. The first-order valence-corrected chi connectivity index (χ1v) is 8.04. The molecule has 6 heteroatoms. The maximum Gasteiger partial charge on any atom is 0.306 e. The lowest BCUT2D eigenvalue weighted by Gasteiger charge is -2.13. The Bertz CT molecular complexity index is 504. The summed E-state index contributed by atoms with van der Waals surface area (Å²) in [6, 6.07) is 1.78. The minimum atomic E-state index is -0.133. The fourth-order valence-electron chi connectivity index (χ4n) is 1.90. The second-order valence-corrected chi connectivity index (χ2v) is 6.97. The number of aromatic nitrogens is 2. The van der Waals surface area contributed by atoms with Gasteiger partial charge in [-0.05, 0) is 18.3 Å². The van der Waals surface area contributed by atoms with Gasteiger partial charge >= 0.3 is 5.97 Å². The minimum Gasteiger partial charge on any atom is -0.469 e. The number of halogens is 1. The highest BCUT2D eigenvalue weighted by Crippen LogP contribution is 2.52. The summed E-state index contributed by atoms with van der Waals surface area (Å²) in [7, 11) is 1.44. The fourth-order valence-corrected chi connectivity index (χ4v) is 3.35. The summed E-state index contributed by atoms with van der Waals surface area (Å²) >= 11 is 7.67. The van der Waals surface area contributed by atoms with Gasteiger partial charge in [0.05, 0.1) is 13.5 Å². The van der Waals surface area contributed by atoms with Crippen LogP contribution in [0.15, 0.2) is 11.1 Å². The van der Waals surface area contributed by atoms with Crippen molar-refractivity contribution >= 4 is 29.3 Å². The number of nitrogens with zero attached hydrogens (tertiary/aromatic N) is 2. The van der Waals surface area contributed by atoms with Crippen molar-refractivity contribution in [2.45, 2.75) is 44.1 Å². The van der Waals surface area contributed by atoms with Crippen molar-refractivity contribution in [2.75, 3.05) is 12.9 Å². The zero-order chi connectivity index (χ0) is 14.8. The van der Waals surface area contributed by atoms with Gasteiger partial charge in [-0.15, -0.1) is 11.8 Å². The highest BCUT2D eigenvalue weighted by molar-refractivity contribution is 7.99. The van der Waals surface area contributed by atoms with E-state index >= 15 is 0 Å². The Kier molecular flexibility index (Phi) is 4.91. The molecule has 1 aliphatic carbocycles. The number of carbonyl (C=O) groups is 1. The molecule has 1 aromatic rings. The van der Waals surface area contributed by atoms with Gasteiger partial charge in [0, 0.05) is 17.7 Å². The molecule has 4 nitrogen and oxygen atoms in total. The molecule has 110 valence electrons.